The van der Waals surface area contributed by atoms with Gasteiger partial charge >= 0.3 is 0 Å². The first-order valence-corrected chi connectivity index (χ1v) is 7.73. The second kappa shape index (κ2) is 7.97. The molecule has 2 N–H and O–H groups in total. The van der Waals surface area contributed by atoms with Gasteiger partial charge in [0.15, 0.2) is 5.82 Å². The maximum atomic E-state index is 12.2. The van der Waals surface area contributed by atoms with Gasteiger partial charge in [0.25, 0.3) is 5.91 Å². The highest BCUT2D eigenvalue weighted by atomic mass is 16.5. The summed E-state index contributed by atoms with van der Waals surface area (Å²) in [5.74, 6) is 0.631. The Labute approximate surface area is 141 Å². The smallest absolute Gasteiger partial charge is 0.263 e. The van der Waals surface area contributed by atoms with Gasteiger partial charge in [-0.3, -0.25) is 4.79 Å². The molecule has 1 atom stereocenters. The van der Waals surface area contributed by atoms with Crippen LogP contribution in [0.3, 0.4) is 0 Å². The van der Waals surface area contributed by atoms with Crippen molar-refractivity contribution >= 4 is 11.7 Å². The van der Waals surface area contributed by atoms with Gasteiger partial charge in [-0.15, -0.1) is 0 Å². The predicted octanol–water partition coefficient (Wildman–Crippen LogP) is 3.24. The number of carbonyl (C=O) groups is 1. The molecule has 1 amide bonds. The van der Waals surface area contributed by atoms with E-state index in [9.17, 15) is 4.79 Å². The molecule has 0 spiro atoms. The van der Waals surface area contributed by atoms with Crippen LogP contribution in [0.4, 0.5) is 5.82 Å². The molecule has 0 radical (unpaired) electrons. The monoisotopic (exact) mass is 324 g/mol. The van der Waals surface area contributed by atoms with Crippen LogP contribution in [0.5, 0.6) is 0 Å². The van der Waals surface area contributed by atoms with Crippen molar-refractivity contribution in [1.82, 2.24) is 10.5 Å². The first-order chi connectivity index (χ1) is 11.5. The van der Waals surface area contributed by atoms with Gasteiger partial charge in [-0.2, -0.15) is 5.26 Å². The Bertz CT molecular complexity index is 769. The molecule has 1 unspecified atom stereocenters. The van der Waals surface area contributed by atoms with E-state index in [2.05, 4.69) is 22.7 Å². The number of aromatic nitrogens is 1. The molecule has 0 saturated heterocycles. The largest absolute Gasteiger partial charge is 0.360 e. The number of anilines is 1. The Balaban J connectivity index is 2.01. The lowest BCUT2D eigenvalue weighted by atomic mass is 10.0. The normalized spacial score (nSPS) is 12.3. The number of nitriles is 1. The fourth-order valence-corrected chi connectivity index (χ4v) is 2.13. The van der Waals surface area contributed by atoms with Gasteiger partial charge in [0.1, 0.15) is 17.4 Å². The minimum atomic E-state index is -0.447. The van der Waals surface area contributed by atoms with Gasteiger partial charge in [-0.05, 0) is 31.4 Å². The molecule has 1 aromatic carbocycles. The van der Waals surface area contributed by atoms with E-state index in [4.69, 9.17) is 9.78 Å². The number of benzene rings is 1. The third kappa shape index (κ3) is 4.46. The Kier molecular flexibility index (Phi) is 5.74. The van der Waals surface area contributed by atoms with Crippen molar-refractivity contribution < 1.29 is 9.32 Å². The zero-order chi connectivity index (χ0) is 17.5. The van der Waals surface area contributed by atoms with Gasteiger partial charge in [0.2, 0.25) is 0 Å². The number of nitrogens with one attached hydrogen (secondary N) is 2. The molecule has 0 bridgehead atoms. The van der Waals surface area contributed by atoms with Crippen molar-refractivity contribution in [2.24, 2.45) is 0 Å². The van der Waals surface area contributed by atoms with E-state index in [1.165, 1.54) is 11.8 Å². The highest BCUT2D eigenvalue weighted by Crippen LogP contribution is 2.14. The third-order valence-electron chi connectivity index (χ3n) is 3.59. The summed E-state index contributed by atoms with van der Waals surface area (Å²) >= 11 is 0. The quantitative estimate of drug-likeness (QED) is 0.629. The van der Waals surface area contributed by atoms with Crippen LogP contribution in [-0.4, -0.2) is 11.1 Å². The Morgan fingerprint density at radius 2 is 2.12 bits per heavy atom. The molecule has 0 aliphatic heterocycles. The van der Waals surface area contributed by atoms with Gasteiger partial charge in [-0.25, -0.2) is 0 Å². The molecule has 124 valence electrons. The van der Waals surface area contributed by atoms with E-state index < -0.39 is 5.91 Å². The van der Waals surface area contributed by atoms with Gasteiger partial charge in [-0.1, -0.05) is 36.3 Å². The fraction of sp³-hybridized carbons (Fsp3) is 0.278. The van der Waals surface area contributed by atoms with Crippen LogP contribution in [0.1, 0.15) is 36.8 Å². The third-order valence-corrected chi connectivity index (χ3v) is 3.59. The molecule has 6 nitrogen and oxygen atoms in total. The molecule has 2 rings (SSSR count). The molecule has 2 aromatic rings. The number of nitrogens with zero attached hydrogens (tertiary/aromatic N) is 2. The molecule has 0 aliphatic carbocycles. The van der Waals surface area contributed by atoms with Gasteiger partial charge < -0.3 is 15.2 Å². The van der Waals surface area contributed by atoms with Gasteiger partial charge in [0.05, 0.1) is 6.04 Å². The lowest BCUT2D eigenvalue weighted by Crippen LogP contribution is -2.28. The molecular weight excluding hydrogens is 304 g/mol. The van der Waals surface area contributed by atoms with E-state index in [0.717, 1.165) is 12.0 Å². The minimum Gasteiger partial charge on any atom is -0.360 e. The SMILES string of the molecule is CCc1ccc(C(C)NC(=O)/C(C#N)=C\Nc2cc(C)on2)cc1. The Hall–Kier alpha value is -3.07. The lowest BCUT2D eigenvalue weighted by Gasteiger charge is -2.14. The van der Waals surface area contributed by atoms with Crippen molar-refractivity contribution in [3.8, 4) is 6.07 Å². The van der Waals surface area contributed by atoms with Crippen molar-refractivity contribution in [3.63, 3.8) is 0 Å². The summed E-state index contributed by atoms with van der Waals surface area (Å²) in [6.45, 7) is 5.72. The molecule has 24 heavy (non-hydrogen) atoms. The summed E-state index contributed by atoms with van der Waals surface area (Å²) in [6.07, 6.45) is 2.29. The van der Waals surface area contributed by atoms with Crippen LogP contribution in [0.15, 0.2) is 46.6 Å². The topological polar surface area (TPSA) is 91.0 Å². The second-order valence-electron chi connectivity index (χ2n) is 5.43. The predicted molar refractivity (Wildman–Crippen MR) is 90.9 cm³/mol. The number of amides is 1. The molecule has 6 heteroatoms. The summed E-state index contributed by atoms with van der Waals surface area (Å²) in [6, 6.07) is 11.4. The maximum absolute atomic E-state index is 12.2. The van der Waals surface area contributed by atoms with Crippen molar-refractivity contribution in [2.45, 2.75) is 33.2 Å². The summed E-state index contributed by atoms with van der Waals surface area (Å²) in [4.78, 5) is 12.2. The van der Waals surface area contributed by atoms with Crippen LogP contribution in [0.2, 0.25) is 0 Å². The molecule has 1 heterocycles. The highest BCUT2D eigenvalue weighted by Gasteiger charge is 2.14. The molecule has 0 saturated carbocycles. The molecule has 0 aliphatic rings. The standard InChI is InChI=1S/C18H20N4O2/c1-4-14-5-7-15(8-6-14)13(3)21-18(23)16(10-19)11-20-17-9-12(2)24-22-17/h5-9,11,13H,4H2,1-3H3,(H,20,22)(H,21,23)/b16-11-. The van der Waals surface area contributed by atoms with Crippen LogP contribution in [-0.2, 0) is 11.2 Å². The Morgan fingerprint density at radius 1 is 1.42 bits per heavy atom. The summed E-state index contributed by atoms with van der Waals surface area (Å²) in [5.41, 5.74) is 2.19. The number of carbonyl (C=O) groups excluding carboxylic acids is 1. The number of hydrogen-bond donors (Lipinski definition) is 2. The fourth-order valence-electron chi connectivity index (χ4n) is 2.13. The van der Waals surface area contributed by atoms with E-state index in [1.807, 2.05) is 37.3 Å². The first kappa shape index (κ1) is 17.3. The molecular formula is C18H20N4O2. The summed E-state index contributed by atoms with van der Waals surface area (Å²) < 4.78 is 4.91. The van der Waals surface area contributed by atoms with Crippen molar-refractivity contribution in [1.29, 1.82) is 5.26 Å². The highest BCUT2D eigenvalue weighted by molar-refractivity contribution is 5.97. The number of rotatable bonds is 6. The van der Waals surface area contributed by atoms with E-state index in [0.29, 0.717) is 11.6 Å². The lowest BCUT2D eigenvalue weighted by molar-refractivity contribution is -0.117. The first-order valence-electron chi connectivity index (χ1n) is 7.73. The van der Waals surface area contributed by atoms with Crippen LogP contribution in [0.25, 0.3) is 0 Å². The molecule has 0 fully saturated rings. The number of hydrogen-bond acceptors (Lipinski definition) is 5. The van der Waals surface area contributed by atoms with Crippen molar-refractivity contribution in [2.75, 3.05) is 5.32 Å². The van der Waals surface area contributed by atoms with Crippen molar-refractivity contribution in [3.05, 3.63) is 59.0 Å². The van der Waals surface area contributed by atoms with E-state index >= 15 is 0 Å². The summed E-state index contributed by atoms with van der Waals surface area (Å²) in [5, 5.41) is 18.5. The molecule has 1 aromatic heterocycles. The van der Waals surface area contributed by atoms with Crippen LogP contribution >= 0.6 is 0 Å². The minimum absolute atomic E-state index is 0.0346. The average molecular weight is 324 g/mol. The zero-order valence-corrected chi connectivity index (χ0v) is 14.0. The average Bonchev–Trinajstić information content (AvgIpc) is 3.00. The Morgan fingerprint density at radius 3 is 2.67 bits per heavy atom. The van der Waals surface area contributed by atoms with E-state index in [1.54, 1.807) is 13.0 Å². The number of aryl methyl sites for hydroxylation is 2. The van der Waals surface area contributed by atoms with E-state index in [-0.39, 0.29) is 11.6 Å². The summed E-state index contributed by atoms with van der Waals surface area (Å²) in [7, 11) is 0. The van der Waals surface area contributed by atoms with Crippen LogP contribution < -0.4 is 10.6 Å². The maximum Gasteiger partial charge on any atom is 0.263 e. The zero-order valence-electron chi connectivity index (χ0n) is 14.0. The second-order valence-corrected chi connectivity index (χ2v) is 5.43. The van der Waals surface area contributed by atoms with Crippen LogP contribution in [0, 0.1) is 18.3 Å². The van der Waals surface area contributed by atoms with Gasteiger partial charge in [0, 0.05) is 12.3 Å².